The molecule has 0 unspecified atom stereocenters. The first-order valence-corrected chi connectivity index (χ1v) is 7.72. The van der Waals surface area contributed by atoms with Crippen LogP contribution in [0.3, 0.4) is 0 Å². The van der Waals surface area contributed by atoms with E-state index in [1.807, 2.05) is 0 Å². The van der Waals surface area contributed by atoms with Gasteiger partial charge in [0.2, 0.25) is 0 Å². The molecule has 0 saturated heterocycles. The average Bonchev–Trinajstić information content (AvgIpc) is 3.21. The van der Waals surface area contributed by atoms with Crippen LogP contribution in [0.25, 0.3) is 0 Å². The number of benzene rings is 1. The number of rotatable bonds is 8. The van der Waals surface area contributed by atoms with Gasteiger partial charge in [0.1, 0.15) is 0 Å². The molecule has 0 amide bonds. The quantitative estimate of drug-likeness (QED) is 0.742. The molecule has 1 N–H and O–H groups in total. The maximum atomic E-state index is 5.12. The van der Waals surface area contributed by atoms with Crippen molar-refractivity contribution >= 4 is 21.6 Å². The summed E-state index contributed by atoms with van der Waals surface area (Å²) in [4.78, 5) is 2.31. The summed E-state index contributed by atoms with van der Waals surface area (Å²) in [6.45, 7) is 2.79. The SMILES string of the molecule is COCCCN(C)c1cc(Br)ccc1CNC1CC1. The van der Waals surface area contributed by atoms with Crippen molar-refractivity contribution in [3.05, 3.63) is 28.2 Å². The number of ether oxygens (including phenoxy) is 1. The van der Waals surface area contributed by atoms with Crippen molar-refractivity contribution in [1.29, 1.82) is 0 Å². The Morgan fingerprint density at radius 3 is 2.89 bits per heavy atom. The zero-order chi connectivity index (χ0) is 13.7. The Morgan fingerprint density at radius 2 is 2.21 bits per heavy atom. The van der Waals surface area contributed by atoms with E-state index in [1.165, 1.54) is 24.1 Å². The van der Waals surface area contributed by atoms with Gasteiger partial charge in [0, 0.05) is 50.1 Å². The normalized spacial score (nSPS) is 14.7. The van der Waals surface area contributed by atoms with Crippen LogP contribution in [0.2, 0.25) is 0 Å². The second-order valence-corrected chi connectivity index (χ2v) is 6.11. The van der Waals surface area contributed by atoms with Gasteiger partial charge in [0.15, 0.2) is 0 Å². The van der Waals surface area contributed by atoms with E-state index < -0.39 is 0 Å². The minimum absolute atomic E-state index is 0.746. The summed E-state index contributed by atoms with van der Waals surface area (Å²) >= 11 is 3.57. The van der Waals surface area contributed by atoms with Gasteiger partial charge in [0.05, 0.1) is 0 Å². The van der Waals surface area contributed by atoms with E-state index in [0.29, 0.717) is 0 Å². The molecule has 1 aromatic carbocycles. The third-order valence-corrected chi connectivity index (χ3v) is 3.95. The number of methoxy groups -OCH3 is 1. The zero-order valence-corrected chi connectivity index (χ0v) is 13.4. The Labute approximate surface area is 124 Å². The van der Waals surface area contributed by atoms with Gasteiger partial charge in [-0.2, -0.15) is 0 Å². The van der Waals surface area contributed by atoms with Crippen LogP contribution in [-0.4, -0.2) is 33.4 Å². The minimum Gasteiger partial charge on any atom is -0.385 e. The van der Waals surface area contributed by atoms with Gasteiger partial charge < -0.3 is 15.0 Å². The monoisotopic (exact) mass is 326 g/mol. The summed E-state index contributed by atoms with van der Waals surface area (Å²) in [5, 5.41) is 3.59. The van der Waals surface area contributed by atoms with E-state index in [0.717, 1.165) is 36.6 Å². The van der Waals surface area contributed by atoms with Crippen molar-refractivity contribution in [2.24, 2.45) is 0 Å². The molecule has 0 heterocycles. The van der Waals surface area contributed by atoms with Gasteiger partial charge >= 0.3 is 0 Å². The molecule has 0 aromatic heterocycles. The van der Waals surface area contributed by atoms with Crippen LogP contribution in [0.5, 0.6) is 0 Å². The molecule has 0 aliphatic heterocycles. The number of hydrogen-bond donors (Lipinski definition) is 1. The van der Waals surface area contributed by atoms with Crippen LogP contribution in [0.15, 0.2) is 22.7 Å². The lowest BCUT2D eigenvalue weighted by atomic mass is 10.1. The standard InChI is InChI=1S/C15H23BrN2O/c1-18(8-3-9-19-2)15-10-13(16)5-4-12(15)11-17-14-6-7-14/h4-5,10,14,17H,3,6-9,11H2,1-2H3. The van der Waals surface area contributed by atoms with Crippen LogP contribution in [-0.2, 0) is 11.3 Å². The zero-order valence-electron chi connectivity index (χ0n) is 11.8. The fraction of sp³-hybridized carbons (Fsp3) is 0.600. The summed E-state index contributed by atoms with van der Waals surface area (Å²) < 4.78 is 6.26. The highest BCUT2D eigenvalue weighted by Crippen LogP contribution is 2.26. The van der Waals surface area contributed by atoms with Crippen molar-refractivity contribution in [1.82, 2.24) is 5.32 Å². The lowest BCUT2D eigenvalue weighted by Gasteiger charge is -2.23. The molecule has 3 nitrogen and oxygen atoms in total. The largest absolute Gasteiger partial charge is 0.385 e. The maximum Gasteiger partial charge on any atom is 0.0479 e. The third kappa shape index (κ3) is 4.79. The summed E-state index contributed by atoms with van der Waals surface area (Å²) in [6.07, 6.45) is 3.71. The Hall–Kier alpha value is -0.580. The lowest BCUT2D eigenvalue weighted by molar-refractivity contribution is 0.196. The van der Waals surface area contributed by atoms with E-state index in [2.05, 4.69) is 51.4 Å². The molecule has 1 saturated carbocycles. The second-order valence-electron chi connectivity index (χ2n) is 5.20. The lowest BCUT2D eigenvalue weighted by Crippen LogP contribution is -2.23. The number of anilines is 1. The first kappa shape index (κ1) is 14.8. The predicted octanol–water partition coefficient (Wildman–Crippen LogP) is 3.17. The highest BCUT2D eigenvalue weighted by Gasteiger charge is 2.20. The van der Waals surface area contributed by atoms with E-state index in [-0.39, 0.29) is 0 Å². The molecule has 0 atom stereocenters. The van der Waals surface area contributed by atoms with Gasteiger partial charge in [-0.05, 0) is 37.0 Å². The molecular weight excluding hydrogens is 304 g/mol. The van der Waals surface area contributed by atoms with Crippen LogP contribution in [0, 0.1) is 0 Å². The first-order valence-electron chi connectivity index (χ1n) is 6.92. The topological polar surface area (TPSA) is 24.5 Å². The molecule has 1 fully saturated rings. The summed E-state index contributed by atoms with van der Waals surface area (Å²) in [6, 6.07) is 7.28. The van der Waals surface area contributed by atoms with E-state index in [1.54, 1.807) is 7.11 Å². The van der Waals surface area contributed by atoms with Gasteiger partial charge in [-0.3, -0.25) is 0 Å². The number of hydrogen-bond acceptors (Lipinski definition) is 3. The fourth-order valence-corrected chi connectivity index (χ4v) is 2.50. The first-order chi connectivity index (χ1) is 9.20. The Bertz CT molecular complexity index is 407. The van der Waals surface area contributed by atoms with Crippen molar-refractivity contribution < 1.29 is 4.74 Å². The van der Waals surface area contributed by atoms with Crippen molar-refractivity contribution in [2.75, 3.05) is 32.2 Å². The molecule has 1 aliphatic carbocycles. The highest BCUT2D eigenvalue weighted by atomic mass is 79.9. The van der Waals surface area contributed by atoms with Crippen LogP contribution in [0.4, 0.5) is 5.69 Å². The molecule has 1 aromatic rings. The molecule has 106 valence electrons. The predicted molar refractivity (Wildman–Crippen MR) is 83.8 cm³/mol. The van der Waals surface area contributed by atoms with Gasteiger partial charge in [-0.1, -0.05) is 22.0 Å². The van der Waals surface area contributed by atoms with E-state index in [9.17, 15) is 0 Å². The molecule has 0 radical (unpaired) electrons. The molecule has 0 bridgehead atoms. The van der Waals surface area contributed by atoms with E-state index in [4.69, 9.17) is 4.74 Å². The van der Waals surface area contributed by atoms with Crippen molar-refractivity contribution in [3.63, 3.8) is 0 Å². The van der Waals surface area contributed by atoms with Crippen LogP contribution < -0.4 is 10.2 Å². The van der Waals surface area contributed by atoms with Gasteiger partial charge in [-0.15, -0.1) is 0 Å². The molecule has 0 spiro atoms. The van der Waals surface area contributed by atoms with Crippen LogP contribution in [0.1, 0.15) is 24.8 Å². The highest BCUT2D eigenvalue weighted by molar-refractivity contribution is 9.10. The number of halogens is 1. The minimum atomic E-state index is 0.746. The molecule has 19 heavy (non-hydrogen) atoms. The molecule has 4 heteroatoms. The average molecular weight is 327 g/mol. The maximum absolute atomic E-state index is 5.12. The number of nitrogens with one attached hydrogen (secondary N) is 1. The van der Waals surface area contributed by atoms with Gasteiger partial charge in [-0.25, -0.2) is 0 Å². The summed E-state index contributed by atoms with van der Waals surface area (Å²) in [7, 11) is 3.90. The van der Waals surface area contributed by atoms with Crippen molar-refractivity contribution in [3.8, 4) is 0 Å². The van der Waals surface area contributed by atoms with E-state index >= 15 is 0 Å². The smallest absolute Gasteiger partial charge is 0.0479 e. The Balaban J connectivity index is 1.99. The summed E-state index contributed by atoms with van der Waals surface area (Å²) in [5.41, 5.74) is 2.67. The van der Waals surface area contributed by atoms with Crippen LogP contribution >= 0.6 is 15.9 Å². The molecule has 1 aliphatic rings. The summed E-state index contributed by atoms with van der Waals surface area (Å²) in [5.74, 6) is 0. The van der Waals surface area contributed by atoms with Crippen molar-refractivity contribution in [2.45, 2.75) is 31.8 Å². The Morgan fingerprint density at radius 1 is 1.42 bits per heavy atom. The number of nitrogens with zero attached hydrogens (tertiary/aromatic N) is 1. The third-order valence-electron chi connectivity index (χ3n) is 3.46. The molecule has 2 rings (SSSR count). The Kier molecular flexibility index (Phi) is 5.67. The molecular formula is C15H23BrN2O. The van der Waals surface area contributed by atoms with Gasteiger partial charge in [0.25, 0.3) is 0 Å². The second kappa shape index (κ2) is 7.27. The fourth-order valence-electron chi connectivity index (χ4n) is 2.15.